The Kier molecular flexibility index (Phi) is 10.6. The fraction of sp³-hybridized carbons (Fsp3) is 0.229. The zero-order valence-corrected chi connectivity index (χ0v) is 25.6. The molecule has 8 heteroatoms. The molecule has 1 saturated heterocycles. The summed E-state index contributed by atoms with van der Waals surface area (Å²) in [5, 5.41) is 0. The van der Waals surface area contributed by atoms with Crippen LogP contribution in [-0.4, -0.2) is 65.4 Å². The van der Waals surface area contributed by atoms with Crippen LogP contribution in [0, 0.1) is 0 Å². The second-order valence-corrected chi connectivity index (χ2v) is 9.91. The number of hydrogen-bond donors (Lipinski definition) is 0. The number of ether oxygens (including phenoxy) is 4. The molecule has 1 amide bonds. The highest BCUT2D eigenvalue weighted by molar-refractivity contribution is 6.24. The predicted molar refractivity (Wildman–Crippen MR) is 168 cm³/mol. The van der Waals surface area contributed by atoms with Gasteiger partial charge in [0.2, 0.25) is 5.75 Å². The van der Waals surface area contributed by atoms with Crippen molar-refractivity contribution < 1.29 is 36.1 Å². The Morgan fingerprint density at radius 2 is 1.21 bits per heavy atom. The van der Waals surface area contributed by atoms with Gasteiger partial charge in [0.1, 0.15) is 5.75 Å². The van der Waals surface area contributed by atoms with Crippen molar-refractivity contribution in [3.63, 3.8) is 0 Å². The van der Waals surface area contributed by atoms with E-state index < -0.39 is 0 Å². The van der Waals surface area contributed by atoms with Crippen molar-refractivity contribution in [3.05, 3.63) is 102 Å². The molecule has 1 aliphatic rings. The SMILES string of the molecule is COc1ccccc1N1CCN(C(=O)/C(=C\c2cc(OC)c(OC)c(OC)c2)c2ccc(-c3ccccc3)cc2)CC1.[Cl-]. The molecule has 0 radical (unpaired) electrons. The first-order valence-corrected chi connectivity index (χ1v) is 13.9. The van der Waals surface area contributed by atoms with Crippen LogP contribution >= 0.6 is 0 Å². The van der Waals surface area contributed by atoms with E-state index in [0.29, 0.717) is 49.0 Å². The van der Waals surface area contributed by atoms with E-state index in [1.165, 1.54) is 0 Å². The quantitative estimate of drug-likeness (QED) is 0.217. The van der Waals surface area contributed by atoms with Gasteiger partial charge < -0.3 is 41.2 Å². The first-order valence-electron chi connectivity index (χ1n) is 13.9. The lowest BCUT2D eigenvalue weighted by atomic mass is 9.97. The lowest BCUT2D eigenvalue weighted by Crippen LogP contribution is -3.00. The number of anilines is 1. The topological polar surface area (TPSA) is 60.5 Å². The third kappa shape index (κ3) is 6.89. The van der Waals surface area contributed by atoms with Crippen LogP contribution in [0.1, 0.15) is 11.1 Å². The van der Waals surface area contributed by atoms with Crippen molar-refractivity contribution in [3.8, 4) is 34.1 Å². The van der Waals surface area contributed by atoms with Crippen molar-refractivity contribution in [2.75, 3.05) is 59.5 Å². The molecule has 4 aromatic carbocycles. The molecule has 7 nitrogen and oxygen atoms in total. The summed E-state index contributed by atoms with van der Waals surface area (Å²) in [4.78, 5) is 18.4. The summed E-state index contributed by atoms with van der Waals surface area (Å²) in [6.07, 6.45) is 1.90. The number of hydrogen-bond acceptors (Lipinski definition) is 6. The van der Waals surface area contributed by atoms with Crippen molar-refractivity contribution in [2.45, 2.75) is 0 Å². The van der Waals surface area contributed by atoms with Gasteiger partial charge in [-0.25, -0.2) is 0 Å². The summed E-state index contributed by atoms with van der Waals surface area (Å²) in [7, 11) is 6.42. The predicted octanol–water partition coefficient (Wildman–Crippen LogP) is 3.28. The molecular formula is C35H36ClN2O5-. The van der Waals surface area contributed by atoms with E-state index in [4.69, 9.17) is 18.9 Å². The molecule has 0 spiro atoms. The first-order chi connectivity index (χ1) is 20.6. The van der Waals surface area contributed by atoms with E-state index >= 15 is 0 Å². The Labute approximate surface area is 259 Å². The first kappa shape index (κ1) is 31.3. The molecule has 0 aliphatic carbocycles. The van der Waals surface area contributed by atoms with Crippen LogP contribution in [0.25, 0.3) is 22.8 Å². The maximum Gasteiger partial charge on any atom is 0.254 e. The summed E-state index contributed by atoms with van der Waals surface area (Å²) < 4.78 is 22.2. The third-order valence-electron chi connectivity index (χ3n) is 7.52. The Bertz CT molecular complexity index is 1520. The summed E-state index contributed by atoms with van der Waals surface area (Å²) >= 11 is 0. The van der Waals surface area contributed by atoms with E-state index in [0.717, 1.165) is 33.7 Å². The molecule has 224 valence electrons. The molecule has 43 heavy (non-hydrogen) atoms. The zero-order chi connectivity index (χ0) is 29.5. The summed E-state index contributed by atoms with van der Waals surface area (Å²) in [6, 6.07) is 30.0. The van der Waals surface area contributed by atoms with Gasteiger partial charge in [0.15, 0.2) is 11.5 Å². The van der Waals surface area contributed by atoms with Crippen LogP contribution in [-0.2, 0) is 4.79 Å². The number of rotatable bonds is 9. The van der Waals surface area contributed by atoms with Gasteiger partial charge in [-0.2, -0.15) is 0 Å². The maximum atomic E-state index is 14.2. The van der Waals surface area contributed by atoms with Crippen molar-refractivity contribution >= 4 is 23.2 Å². The molecule has 0 bridgehead atoms. The largest absolute Gasteiger partial charge is 1.00 e. The zero-order valence-electron chi connectivity index (χ0n) is 24.9. The third-order valence-corrected chi connectivity index (χ3v) is 7.52. The van der Waals surface area contributed by atoms with E-state index in [9.17, 15) is 4.79 Å². The molecular weight excluding hydrogens is 564 g/mol. The molecule has 1 aliphatic heterocycles. The van der Waals surface area contributed by atoms with E-state index in [1.807, 2.05) is 71.6 Å². The number of carbonyl (C=O) groups is 1. The van der Waals surface area contributed by atoms with E-state index in [2.05, 4.69) is 35.2 Å². The number of benzene rings is 4. The van der Waals surface area contributed by atoms with Gasteiger partial charge in [-0.15, -0.1) is 0 Å². The minimum Gasteiger partial charge on any atom is -1.00 e. The van der Waals surface area contributed by atoms with Crippen LogP contribution < -0.4 is 36.3 Å². The summed E-state index contributed by atoms with van der Waals surface area (Å²) in [5.74, 6) is 2.36. The van der Waals surface area contributed by atoms with Crippen LogP contribution in [0.4, 0.5) is 5.69 Å². The highest BCUT2D eigenvalue weighted by atomic mass is 35.5. The van der Waals surface area contributed by atoms with Gasteiger partial charge in [0.05, 0.1) is 34.1 Å². The van der Waals surface area contributed by atoms with Gasteiger partial charge in [-0.05, 0) is 52.6 Å². The average Bonchev–Trinajstić information content (AvgIpc) is 3.06. The fourth-order valence-electron chi connectivity index (χ4n) is 5.30. The average molecular weight is 600 g/mol. The van der Waals surface area contributed by atoms with Crippen molar-refractivity contribution in [1.29, 1.82) is 0 Å². The molecule has 0 atom stereocenters. The number of piperazine rings is 1. The standard InChI is InChI=1S/C35H36N2O5.ClH/c1-39-31-13-9-8-12-30(31)36-18-20-37(21-19-36)35(38)29(22-25-23-32(40-2)34(42-4)33(24-25)41-3)28-16-14-27(15-17-28)26-10-6-5-7-11-26;/h5-17,22-24H,18-21H2,1-4H3;1H/p-1/b29-22-;. The number of nitrogens with zero attached hydrogens (tertiary/aromatic N) is 2. The van der Waals surface area contributed by atoms with Gasteiger partial charge in [0.25, 0.3) is 5.91 Å². The van der Waals surface area contributed by atoms with Crippen LogP contribution in [0.3, 0.4) is 0 Å². The Morgan fingerprint density at radius 1 is 0.651 bits per heavy atom. The Balaban J connectivity index is 0.00000423. The Hall–Kier alpha value is -4.62. The minimum absolute atomic E-state index is 0. The maximum absolute atomic E-state index is 14.2. The summed E-state index contributed by atoms with van der Waals surface area (Å²) in [5.41, 5.74) is 5.45. The van der Waals surface area contributed by atoms with Crippen molar-refractivity contribution in [2.24, 2.45) is 0 Å². The van der Waals surface area contributed by atoms with Gasteiger partial charge >= 0.3 is 0 Å². The lowest BCUT2D eigenvalue weighted by molar-refractivity contribution is -0.125. The molecule has 0 N–H and O–H groups in total. The fourth-order valence-corrected chi connectivity index (χ4v) is 5.30. The molecule has 4 aromatic rings. The second-order valence-electron chi connectivity index (χ2n) is 9.91. The highest BCUT2D eigenvalue weighted by Crippen LogP contribution is 2.39. The van der Waals surface area contributed by atoms with Crippen LogP contribution in [0.15, 0.2) is 91.0 Å². The van der Waals surface area contributed by atoms with Crippen LogP contribution in [0.5, 0.6) is 23.0 Å². The monoisotopic (exact) mass is 599 g/mol. The summed E-state index contributed by atoms with van der Waals surface area (Å²) in [6.45, 7) is 2.59. The van der Waals surface area contributed by atoms with Gasteiger partial charge in [-0.1, -0.05) is 66.7 Å². The molecule has 0 saturated carbocycles. The molecule has 0 unspecified atom stereocenters. The van der Waals surface area contributed by atoms with Gasteiger partial charge in [0, 0.05) is 31.8 Å². The molecule has 1 heterocycles. The number of para-hydroxylation sites is 2. The number of amides is 1. The smallest absolute Gasteiger partial charge is 0.254 e. The number of methoxy groups -OCH3 is 4. The van der Waals surface area contributed by atoms with Crippen LogP contribution in [0.2, 0.25) is 0 Å². The lowest BCUT2D eigenvalue weighted by Gasteiger charge is -2.37. The van der Waals surface area contributed by atoms with Gasteiger partial charge in [-0.3, -0.25) is 4.79 Å². The van der Waals surface area contributed by atoms with Crippen molar-refractivity contribution in [1.82, 2.24) is 4.90 Å². The highest BCUT2D eigenvalue weighted by Gasteiger charge is 2.26. The number of carbonyl (C=O) groups excluding carboxylic acids is 1. The molecule has 0 aromatic heterocycles. The molecule has 5 rings (SSSR count). The normalized spacial score (nSPS) is 13.2. The van der Waals surface area contributed by atoms with E-state index in [-0.39, 0.29) is 18.3 Å². The Morgan fingerprint density at radius 3 is 1.79 bits per heavy atom. The minimum atomic E-state index is -0.0316. The second kappa shape index (κ2) is 14.5. The molecule has 1 fully saturated rings. The number of halogens is 1. The van der Waals surface area contributed by atoms with E-state index in [1.54, 1.807) is 28.4 Å².